The summed E-state index contributed by atoms with van der Waals surface area (Å²) in [4.78, 5) is 34.3. The SMILES string of the molecule is CC/C=C/CCCCC[N+](CC(C)C(=O)O)(CC(C)C(=O)O)CC(C)C(=O)O. The van der Waals surface area contributed by atoms with Crippen molar-refractivity contribution >= 4 is 17.9 Å². The van der Waals surface area contributed by atoms with E-state index in [-0.39, 0.29) is 24.1 Å². The van der Waals surface area contributed by atoms with E-state index in [1.165, 1.54) is 0 Å². The Morgan fingerprint density at radius 2 is 1.18 bits per heavy atom. The fraction of sp³-hybridized carbons (Fsp3) is 0.762. The quantitative estimate of drug-likeness (QED) is 0.208. The largest absolute Gasteiger partial charge is 0.481 e. The van der Waals surface area contributed by atoms with Crippen molar-refractivity contribution in [3.63, 3.8) is 0 Å². The minimum Gasteiger partial charge on any atom is -0.481 e. The molecule has 0 fully saturated rings. The number of carboxylic acid groups (broad SMARTS) is 3. The van der Waals surface area contributed by atoms with Gasteiger partial charge in [-0.1, -0.05) is 19.1 Å². The van der Waals surface area contributed by atoms with Crippen molar-refractivity contribution in [1.82, 2.24) is 0 Å². The first-order valence-corrected chi connectivity index (χ1v) is 10.2. The predicted molar refractivity (Wildman–Crippen MR) is 108 cm³/mol. The van der Waals surface area contributed by atoms with Gasteiger partial charge in [-0.05, 0) is 52.9 Å². The summed E-state index contributed by atoms with van der Waals surface area (Å²) in [6.45, 7) is 8.18. The van der Waals surface area contributed by atoms with Crippen LogP contribution in [0, 0.1) is 17.8 Å². The highest BCUT2D eigenvalue weighted by Crippen LogP contribution is 2.22. The molecule has 0 aromatic heterocycles. The Balaban J connectivity index is 5.35. The van der Waals surface area contributed by atoms with E-state index in [4.69, 9.17) is 0 Å². The number of allylic oxidation sites excluding steroid dienone is 2. The molecule has 0 amide bonds. The number of carbonyl (C=O) groups is 3. The third-order valence-electron chi connectivity index (χ3n) is 5.15. The highest BCUT2D eigenvalue weighted by atomic mass is 16.4. The van der Waals surface area contributed by atoms with Crippen LogP contribution in [0.4, 0.5) is 0 Å². The maximum absolute atomic E-state index is 11.4. The smallest absolute Gasteiger partial charge is 0.311 e. The molecule has 162 valence electrons. The maximum atomic E-state index is 11.4. The first-order chi connectivity index (χ1) is 13.0. The van der Waals surface area contributed by atoms with Crippen molar-refractivity contribution < 1.29 is 34.2 Å². The first kappa shape index (κ1) is 26.1. The molecule has 0 aliphatic heterocycles. The molecule has 0 saturated heterocycles. The van der Waals surface area contributed by atoms with E-state index in [0.29, 0.717) is 6.54 Å². The topological polar surface area (TPSA) is 112 Å². The normalized spacial score (nSPS) is 17.0. The van der Waals surface area contributed by atoms with Gasteiger partial charge >= 0.3 is 17.9 Å². The third-order valence-corrected chi connectivity index (χ3v) is 5.15. The van der Waals surface area contributed by atoms with Crippen LogP contribution < -0.4 is 0 Å². The fourth-order valence-corrected chi connectivity index (χ4v) is 3.65. The molecule has 3 atom stereocenters. The summed E-state index contributed by atoms with van der Waals surface area (Å²) in [5.41, 5.74) is 0. The molecule has 0 spiro atoms. The minimum absolute atomic E-state index is 0.208. The number of aliphatic carboxylic acids is 3. The summed E-state index contributed by atoms with van der Waals surface area (Å²) in [7, 11) is 0. The summed E-state index contributed by atoms with van der Waals surface area (Å²) in [5, 5.41) is 28.1. The van der Waals surface area contributed by atoms with E-state index in [0.717, 1.165) is 32.1 Å². The lowest BCUT2D eigenvalue weighted by Crippen LogP contribution is -2.57. The predicted octanol–water partition coefficient (Wildman–Crippen LogP) is 3.49. The molecule has 0 aromatic carbocycles. The molecule has 0 aromatic rings. The van der Waals surface area contributed by atoms with Crippen LogP contribution in [0.3, 0.4) is 0 Å². The van der Waals surface area contributed by atoms with Crippen molar-refractivity contribution in [3.05, 3.63) is 12.2 Å². The Bertz CT molecular complexity index is 476. The molecule has 7 heteroatoms. The Morgan fingerprint density at radius 1 is 0.750 bits per heavy atom. The molecule has 0 saturated carbocycles. The molecule has 0 rings (SSSR count). The number of hydrogen-bond acceptors (Lipinski definition) is 3. The van der Waals surface area contributed by atoms with Gasteiger partial charge in [0.1, 0.15) is 17.8 Å². The molecule has 0 heterocycles. The van der Waals surface area contributed by atoms with Crippen LogP contribution in [0.15, 0.2) is 12.2 Å². The van der Waals surface area contributed by atoms with Gasteiger partial charge in [0.25, 0.3) is 0 Å². The number of unbranched alkanes of at least 4 members (excludes halogenated alkanes) is 3. The summed E-state index contributed by atoms with van der Waals surface area (Å²) in [6, 6.07) is 0. The van der Waals surface area contributed by atoms with Gasteiger partial charge in [0.2, 0.25) is 0 Å². The molecule has 0 aliphatic rings. The summed E-state index contributed by atoms with van der Waals surface area (Å²) in [5.74, 6) is -4.85. The first-order valence-electron chi connectivity index (χ1n) is 10.2. The second-order valence-electron chi connectivity index (χ2n) is 8.06. The monoisotopic (exact) mass is 400 g/mol. The van der Waals surface area contributed by atoms with Crippen LogP contribution in [0.2, 0.25) is 0 Å². The van der Waals surface area contributed by atoms with Gasteiger partial charge in [0, 0.05) is 0 Å². The number of quaternary nitrogens is 1. The minimum atomic E-state index is -0.946. The van der Waals surface area contributed by atoms with E-state index in [1.807, 2.05) is 0 Å². The van der Waals surface area contributed by atoms with Gasteiger partial charge < -0.3 is 19.8 Å². The molecule has 0 aliphatic carbocycles. The molecular weight excluding hydrogens is 362 g/mol. The van der Waals surface area contributed by atoms with Crippen LogP contribution in [0.25, 0.3) is 0 Å². The van der Waals surface area contributed by atoms with Gasteiger partial charge in [-0.2, -0.15) is 0 Å². The van der Waals surface area contributed by atoms with E-state index in [1.54, 1.807) is 20.8 Å². The third kappa shape index (κ3) is 10.4. The van der Waals surface area contributed by atoms with Gasteiger partial charge in [-0.3, -0.25) is 14.4 Å². The standard InChI is InChI=1S/C21H37NO6/c1-5-6-7-8-9-10-11-12-22(13-16(2)19(23)24,14-17(3)20(25)26)15-18(4)21(27)28/h6-7,16-18H,5,8-15H2,1-4H3,(H2-,23,24,25,26,27,28)/p+1/b7-6+. The lowest BCUT2D eigenvalue weighted by atomic mass is 10.0. The molecule has 28 heavy (non-hydrogen) atoms. The summed E-state index contributed by atoms with van der Waals surface area (Å²) >= 11 is 0. The Morgan fingerprint density at radius 3 is 1.54 bits per heavy atom. The van der Waals surface area contributed by atoms with Crippen LogP contribution >= 0.6 is 0 Å². The molecule has 7 nitrogen and oxygen atoms in total. The van der Waals surface area contributed by atoms with Crippen LogP contribution in [-0.4, -0.2) is 63.9 Å². The van der Waals surface area contributed by atoms with E-state index < -0.39 is 35.7 Å². The summed E-state index contributed by atoms with van der Waals surface area (Å²) < 4.78 is 0.208. The zero-order chi connectivity index (χ0) is 21.7. The second-order valence-corrected chi connectivity index (χ2v) is 8.06. The van der Waals surface area contributed by atoms with Crippen LogP contribution in [0.5, 0.6) is 0 Å². The van der Waals surface area contributed by atoms with Crippen LogP contribution in [-0.2, 0) is 14.4 Å². The van der Waals surface area contributed by atoms with Crippen LogP contribution in [0.1, 0.15) is 59.8 Å². The molecule has 3 unspecified atom stereocenters. The number of rotatable bonds is 16. The number of carboxylic acids is 3. The Hall–Kier alpha value is -1.89. The average molecular weight is 401 g/mol. The molecule has 0 radical (unpaired) electrons. The molecule has 3 N–H and O–H groups in total. The van der Waals surface area contributed by atoms with Crippen molar-refractivity contribution in [3.8, 4) is 0 Å². The van der Waals surface area contributed by atoms with E-state index >= 15 is 0 Å². The van der Waals surface area contributed by atoms with Gasteiger partial charge in [0.15, 0.2) is 0 Å². The lowest BCUT2D eigenvalue weighted by Gasteiger charge is -2.42. The summed E-state index contributed by atoms with van der Waals surface area (Å²) in [6.07, 6.45) is 9.02. The lowest BCUT2D eigenvalue weighted by molar-refractivity contribution is -0.934. The fourth-order valence-electron chi connectivity index (χ4n) is 3.65. The second kappa shape index (κ2) is 13.3. The highest BCUT2D eigenvalue weighted by Gasteiger charge is 2.38. The Labute approximate surface area is 168 Å². The van der Waals surface area contributed by atoms with Crippen molar-refractivity contribution in [1.29, 1.82) is 0 Å². The average Bonchev–Trinajstić information content (AvgIpc) is 2.60. The van der Waals surface area contributed by atoms with Gasteiger partial charge in [-0.15, -0.1) is 0 Å². The van der Waals surface area contributed by atoms with Gasteiger partial charge in [0.05, 0.1) is 26.2 Å². The molecule has 0 bridgehead atoms. The highest BCUT2D eigenvalue weighted by molar-refractivity contribution is 5.70. The Kier molecular flexibility index (Phi) is 12.4. The molecular formula is C21H38NO6+. The van der Waals surface area contributed by atoms with E-state index in [2.05, 4.69) is 19.1 Å². The number of nitrogens with zero attached hydrogens (tertiary/aromatic N) is 1. The van der Waals surface area contributed by atoms with Gasteiger partial charge in [-0.25, -0.2) is 0 Å². The zero-order valence-corrected chi connectivity index (χ0v) is 17.8. The maximum Gasteiger partial charge on any atom is 0.311 e. The van der Waals surface area contributed by atoms with E-state index in [9.17, 15) is 29.7 Å². The van der Waals surface area contributed by atoms with Crippen molar-refractivity contribution in [2.75, 3.05) is 26.2 Å². The number of hydrogen-bond donors (Lipinski definition) is 3. The van der Waals surface area contributed by atoms with Crippen molar-refractivity contribution in [2.24, 2.45) is 17.8 Å². The zero-order valence-electron chi connectivity index (χ0n) is 17.8. The van der Waals surface area contributed by atoms with Crippen molar-refractivity contribution in [2.45, 2.75) is 59.8 Å².